The molecule has 3 nitrogen and oxygen atoms in total. The molecular formula is C12H14O3. The Bertz CT molecular complexity index is 433. The van der Waals surface area contributed by atoms with E-state index in [1.165, 1.54) is 0 Å². The van der Waals surface area contributed by atoms with Crippen LogP contribution in [-0.4, -0.2) is 18.3 Å². The van der Waals surface area contributed by atoms with Crippen molar-refractivity contribution in [1.29, 1.82) is 0 Å². The summed E-state index contributed by atoms with van der Waals surface area (Å²) in [6.07, 6.45) is 0.975. The molecule has 80 valence electrons. The van der Waals surface area contributed by atoms with Crippen molar-refractivity contribution in [3.63, 3.8) is 0 Å². The Morgan fingerprint density at radius 1 is 1.40 bits per heavy atom. The van der Waals surface area contributed by atoms with E-state index in [1.54, 1.807) is 6.26 Å². The second kappa shape index (κ2) is 4.47. The molecular weight excluding hydrogens is 192 g/mol. The Kier molecular flexibility index (Phi) is 3.04. The van der Waals surface area contributed by atoms with Gasteiger partial charge < -0.3 is 14.3 Å². The number of para-hydroxylation sites is 1. The first kappa shape index (κ1) is 10.2. The zero-order valence-corrected chi connectivity index (χ0v) is 8.64. The lowest BCUT2D eigenvalue weighted by Crippen LogP contribution is -2.06. The molecule has 2 aromatic rings. The van der Waals surface area contributed by atoms with Crippen LogP contribution in [0.5, 0.6) is 0 Å². The summed E-state index contributed by atoms with van der Waals surface area (Å²) in [6, 6.07) is 7.65. The van der Waals surface area contributed by atoms with E-state index in [0.717, 1.165) is 16.5 Å². The van der Waals surface area contributed by atoms with Crippen molar-refractivity contribution in [1.82, 2.24) is 0 Å². The van der Waals surface area contributed by atoms with Crippen molar-refractivity contribution >= 4 is 11.0 Å². The van der Waals surface area contributed by atoms with Gasteiger partial charge >= 0.3 is 0 Å². The van der Waals surface area contributed by atoms with E-state index in [4.69, 9.17) is 9.15 Å². The number of aliphatic hydroxyl groups excluding tert-OH is 1. The lowest BCUT2D eigenvalue weighted by molar-refractivity contribution is 0.0423. The summed E-state index contributed by atoms with van der Waals surface area (Å²) in [5, 5.41) is 10.8. The Morgan fingerprint density at radius 3 is 3.00 bits per heavy atom. The second-order valence-electron chi connectivity index (χ2n) is 3.36. The molecule has 0 bridgehead atoms. The van der Waals surface area contributed by atoms with Crippen molar-refractivity contribution in [3.8, 4) is 0 Å². The maximum Gasteiger partial charge on any atom is 0.134 e. The SMILES string of the molecule is CCOCC(O)c1coc2ccccc12. The van der Waals surface area contributed by atoms with Crippen molar-refractivity contribution in [2.24, 2.45) is 0 Å². The minimum Gasteiger partial charge on any atom is -0.464 e. The van der Waals surface area contributed by atoms with Gasteiger partial charge in [0.25, 0.3) is 0 Å². The van der Waals surface area contributed by atoms with Gasteiger partial charge in [0, 0.05) is 17.6 Å². The van der Waals surface area contributed by atoms with E-state index in [0.29, 0.717) is 13.2 Å². The van der Waals surface area contributed by atoms with Gasteiger partial charge in [-0.05, 0) is 13.0 Å². The number of ether oxygens (including phenoxy) is 1. The molecule has 1 atom stereocenters. The third-order valence-corrected chi connectivity index (χ3v) is 2.35. The van der Waals surface area contributed by atoms with E-state index in [-0.39, 0.29) is 0 Å². The molecule has 2 rings (SSSR count). The number of aliphatic hydroxyl groups is 1. The van der Waals surface area contributed by atoms with Crippen LogP contribution in [0.25, 0.3) is 11.0 Å². The smallest absolute Gasteiger partial charge is 0.134 e. The minimum absolute atomic E-state index is 0.306. The van der Waals surface area contributed by atoms with E-state index in [2.05, 4.69) is 0 Å². The summed E-state index contributed by atoms with van der Waals surface area (Å²) < 4.78 is 10.5. The third kappa shape index (κ3) is 2.03. The number of hydrogen-bond donors (Lipinski definition) is 1. The van der Waals surface area contributed by atoms with Gasteiger partial charge in [0.15, 0.2) is 0 Å². The van der Waals surface area contributed by atoms with Gasteiger partial charge in [-0.25, -0.2) is 0 Å². The highest BCUT2D eigenvalue weighted by Crippen LogP contribution is 2.26. The van der Waals surface area contributed by atoms with Gasteiger partial charge in [-0.15, -0.1) is 0 Å². The zero-order chi connectivity index (χ0) is 10.7. The summed E-state index contributed by atoms with van der Waals surface area (Å²) in [7, 11) is 0. The number of fused-ring (bicyclic) bond motifs is 1. The first-order valence-corrected chi connectivity index (χ1v) is 5.05. The normalized spacial score (nSPS) is 13.2. The Balaban J connectivity index is 2.27. The van der Waals surface area contributed by atoms with Gasteiger partial charge in [0.1, 0.15) is 11.7 Å². The molecule has 3 heteroatoms. The lowest BCUT2D eigenvalue weighted by atomic mass is 10.1. The van der Waals surface area contributed by atoms with E-state index >= 15 is 0 Å². The quantitative estimate of drug-likeness (QED) is 0.835. The number of benzene rings is 1. The molecule has 0 amide bonds. The first-order chi connectivity index (χ1) is 7.33. The fourth-order valence-electron chi connectivity index (χ4n) is 1.58. The summed E-state index contributed by atoms with van der Waals surface area (Å²) in [5.41, 5.74) is 1.59. The lowest BCUT2D eigenvalue weighted by Gasteiger charge is -2.08. The molecule has 0 saturated heterocycles. The molecule has 0 aliphatic heterocycles. The van der Waals surface area contributed by atoms with Crippen LogP contribution in [0.3, 0.4) is 0 Å². The third-order valence-electron chi connectivity index (χ3n) is 2.35. The zero-order valence-electron chi connectivity index (χ0n) is 8.64. The molecule has 1 N–H and O–H groups in total. The standard InChI is InChI=1S/C12H14O3/c1-2-14-8-11(13)10-7-15-12-6-4-3-5-9(10)12/h3-7,11,13H,2,8H2,1H3. The average molecular weight is 206 g/mol. The van der Waals surface area contributed by atoms with Crippen molar-refractivity contribution in [2.45, 2.75) is 13.0 Å². The molecule has 1 aromatic heterocycles. The molecule has 0 spiro atoms. The first-order valence-electron chi connectivity index (χ1n) is 5.05. The molecule has 1 heterocycles. The number of furan rings is 1. The summed E-state index contributed by atoms with van der Waals surface area (Å²) >= 11 is 0. The van der Waals surface area contributed by atoms with Crippen LogP contribution >= 0.6 is 0 Å². The highest BCUT2D eigenvalue weighted by Gasteiger charge is 2.13. The molecule has 0 radical (unpaired) electrons. The Labute approximate surface area is 88.3 Å². The molecule has 0 aliphatic carbocycles. The number of hydrogen-bond acceptors (Lipinski definition) is 3. The van der Waals surface area contributed by atoms with Crippen LogP contribution < -0.4 is 0 Å². The van der Waals surface area contributed by atoms with Crippen LogP contribution in [0.1, 0.15) is 18.6 Å². The van der Waals surface area contributed by atoms with Gasteiger partial charge in [0.2, 0.25) is 0 Å². The molecule has 0 aliphatic rings. The predicted octanol–water partition coefficient (Wildman–Crippen LogP) is 2.50. The molecule has 15 heavy (non-hydrogen) atoms. The minimum atomic E-state index is -0.617. The topological polar surface area (TPSA) is 42.6 Å². The maximum absolute atomic E-state index is 9.85. The van der Waals surface area contributed by atoms with Gasteiger partial charge in [-0.3, -0.25) is 0 Å². The maximum atomic E-state index is 9.85. The van der Waals surface area contributed by atoms with Crippen LogP contribution in [0, 0.1) is 0 Å². The summed E-state index contributed by atoms with van der Waals surface area (Å²) in [6.45, 7) is 2.81. The largest absolute Gasteiger partial charge is 0.464 e. The van der Waals surface area contributed by atoms with Crippen LogP contribution in [0.2, 0.25) is 0 Å². The van der Waals surface area contributed by atoms with Gasteiger partial charge in [-0.1, -0.05) is 18.2 Å². The fourth-order valence-corrected chi connectivity index (χ4v) is 1.58. The van der Waals surface area contributed by atoms with Crippen molar-refractivity contribution in [2.75, 3.05) is 13.2 Å². The summed E-state index contributed by atoms with van der Waals surface area (Å²) in [4.78, 5) is 0. The second-order valence-corrected chi connectivity index (χ2v) is 3.36. The monoisotopic (exact) mass is 206 g/mol. The molecule has 1 unspecified atom stereocenters. The van der Waals surface area contributed by atoms with Crippen LogP contribution in [0.15, 0.2) is 34.9 Å². The van der Waals surface area contributed by atoms with Crippen LogP contribution in [-0.2, 0) is 4.74 Å². The van der Waals surface area contributed by atoms with E-state index < -0.39 is 6.10 Å². The van der Waals surface area contributed by atoms with E-state index in [1.807, 2.05) is 31.2 Å². The predicted molar refractivity (Wildman–Crippen MR) is 57.7 cm³/mol. The van der Waals surface area contributed by atoms with Crippen molar-refractivity contribution < 1.29 is 14.3 Å². The highest BCUT2D eigenvalue weighted by molar-refractivity contribution is 5.81. The Morgan fingerprint density at radius 2 is 2.20 bits per heavy atom. The highest BCUT2D eigenvalue weighted by atomic mass is 16.5. The van der Waals surface area contributed by atoms with E-state index in [9.17, 15) is 5.11 Å². The summed E-state index contributed by atoms with van der Waals surface area (Å²) in [5.74, 6) is 0. The molecule has 0 saturated carbocycles. The Hall–Kier alpha value is -1.32. The fraction of sp³-hybridized carbons (Fsp3) is 0.333. The molecule has 1 aromatic carbocycles. The van der Waals surface area contributed by atoms with Gasteiger partial charge in [0.05, 0.1) is 12.9 Å². The van der Waals surface area contributed by atoms with Crippen molar-refractivity contribution in [3.05, 3.63) is 36.1 Å². The molecule has 0 fully saturated rings. The average Bonchev–Trinajstić information content (AvgIpc) is 2.69. The number of rotatable bonds is 4. The van der Waals surface area contributed by atoms with Crippen LogP contribution in [0.4, 0.5) is 0 Å². The van der Waals surface area contributed by atoms with Gasteiger partial charge in [-0.2, -0.15) is 0 Å².